The Morgan fingerprint density at radius 2 is 1.09 bits per heavy atom. The number of rotatable bonds is 6. The fourth-order valence-corrected chi connectivity index (χ4v) is 7.28. The number of hydrogen-bond donors (Lipinski definition) is 0. The van der Waals surface area contributed by atoms with E-state index in [0.29, 0.717) is 0 Å². The molecule has 0 N–H and O–H groups in total. The van der Waals surface area contributed by atoms with Crippen LogP contribution in [0.25, 0.3) is 6.08 Å². The molecule has 0 saturated heterocycles. The topological polar surface area (TPSA) is 17.1 Å². The van der Waals surface area contributed by atoms with E-state index in [1.807, 2.05) is 72.8 Å². The normalized spacial score (nSPS) is 13.2. The third-order valence-electron chi connectivity index (χ3n) is 6.06. The van der Waals surface area contributed by atoms with E-state index in [1.165, 1.54) is 5.56 Å². The molecule has 2 heteroatoms. The van der Waals surface area contributed by atoms with Crippen molar-refractivity contribution in [3.05, 3.63) is 132 Å². The van der Waals surface area contributed by atoms with E-state index in [-0.39, 0.29) is 11.3 Å². The van der Waals surface area contributed by atoms with Gasteiger partial charge < -0.3 is 4.57 Å². The Bertz CT molecular complexity index is 1210. The molecule has 4 aromatic rings. The summed E-state index contributed by atoms with van der Waals surface area (Å²) in [4.78, 5) is 0. The highest BCUT2D eigenvalue weighted by Crippen LogP contribution is 2.47. The molecule has 0 aliphatic heterocycles. The van der Waals surface area contributed by atoms with Crippen LogP contribution in [0.5, 0.6) is 0 Å². The van der Waals surface area contributed by atoms with Crippen molar-refractivity contribution in [1.82, 2.24) is 0 Å². The average molecular weight is 451 g/mol. The summed E-state index contributed by atoms with van der Waals surface area (Å²) in [5.41, 5.74) is 2.23. The Morgan fingerprint density at radius 3 is 1.61 bits per heavy atom. The van der Waals surface area contributed by atoms with Gasteiger partial charge >= 0.3 is 0 Å². The molecular formula is C31H31OP. The zero-order valence-electron chi connectivity index (χ0n) is 19.6. The SMILES string of the molecule is CC(C)(C)C(/C=C\c1ccccc1)c1ccccc1P(=O)(c1ccccc1)c1ccccc1. The Kier molecular flexibility index (Phi) is 6.82. The molecule has 1 nitrogen and oxygen atoms in total. The van der Waals surface area contributed by atoms with Crippen LogP contribution in [0.15, 0.2) is 121 Å². The first kappa shape index (κ1) is 23.0. The second kappa shape index (κ2) is 9.77. The molecule has 0 aromatic heterocycles. The molecule has 166 valence electrons. The molecule has 0 spiro atoms. The average Bonchev–Trinajstić information content (AvgIpc) is 2.85. The minimum absolute atomic E-state index is 0.0560. The van der Waals surface area contributed by atoms with Crippen LogP contribution >= 0.6 is 7.14 Å². The van der Waals surface area contributed by atoms with E-state index in [0.717, 1.165) is 21.5 Å². The third kappa shape index (κ3) is 4.95. The Labute approximate surface area is 198 Å². The smallest absolute Gasteiger partial charge is 0.171 e. The van der Waals surface area contributed by atoms with Crippen LogP contribution < -0.4 is 15.9 Å². The number of benzene rings is 4. The van der Waals surface area contributed by atoms with Gasteiger partial charge in [-0.3, -0.25) is 0 Å². The van der Waals surface area contributed by atoms with Gasteiger partial charge in [-0.05, 0) is 16.5 Å². The molecule has 0 aliphatic carbocycles. The first-order valence-electron chi connectivity index (χ1n) is 11.4. The van der Waals surface area contributed by atoms with E-state index < -0.39 is 7.14 Å². The summed E-state index contributed by atoms with van der Waals surface area (Å²) in [5, 5.41) is 2.65. The molecule has 0 bridgehead atoms. The molecule has 0 amide bonds. The van der Waals surface area contributed by atoms with E-state index in [2.05, 4.69) is 75.4 Å². The van der Waals surface area contributed by atoms with Crippen LogP contribution in [0.2, 0.25) is 0 Å². The standard InChI is InChI=1S/C31H31OP/c1-31(2,3)29(24-23-25-15-7-4-8-16-25)28-21-13-14-22-30(28)33(32,26-17-9-5-10-18-26)27-19-11-6-12-20-27/h4-24,29H,1-3H3/b24-23-. The van der Waals surface area contributed by atoms with Gasteiger partial charge in [0.2, 0.25) is 0 Å². The highest BCUT2D eigenvalue weighted by molar-refractivity contribution is 7.85. The molecule has 33 heavy (non-hydrogen) atoms. The van der Waals surface area contributed by atoms with E-state index in [1.54, 1.807) is 0 Å². The van der Waals surface area contributed by atoms with Crippen LogP contribution in [0, 0.1) is 5.41 Å². The fourth-order valence-electron chi connectivity index (χ4n) is 4.37. The largest absolute Gasteiger partial charge is 0.309 e. The second-order valence-corrected chi connectivity index (χ2v) is 12.2. The Hall–Kier alpha value is -3.15. The molecule has 0 fully saturated rings. The summed E-state index contributed by atoms with van der Waals surface area (Å²) in [7, 11) is -3.07. The van der Waals surface area contributed by atoms with E-state index >= 15 is 4.57 Å². The zero-order valence-corrected chi connectivity index (χ0v) is 20.5. The van der Waals surface area contributed by atoms with Crippen LogP contribution in [-0.4, -0.2) is 0 Å². The summed E-state index contributed by atoms with van der Waals surface area (Å²) < 4.78 is 15.1. The van der Waals surface area contributed by atoms with Gasteiger partial charge in [-0.15, -0.1) is 0 Å². The Balaban J connectivity index is 1.93. The van der Waals surface area contributed by atoms with Crippen molar-refractivity contribution in [3.63, 3.8) is 0 Å². The fraction of sp³-hybridized carbons (Fsp3) is 0.161. The quantitative estimate of drug-likeness (QED) is 0.285. The van der Waals surface area contributed by atoms with Crippen molar-refractivity contribution in [3.8, 4) is 0 Å². The maximum atomic E-state index is 15.1. The lowest BCUT2D eigenvalue weighted by atomic mass is 9.76. The highest BCUT2D eigenvalue weighted by atomic mass is 31.2. The lowest BCUT2D eigenvalue weighted by Gasteiger charge is -2.32. The molecule has 4 aromatic carbocycles. The van der Waals surface area contributed by atoms with Crippen LogP contribution in [0.4, 0.5) is 0 Å². The van der Waals surface area contributed by atoms with Crippen molar-refractivity contribution in [2.45, 2.75) is 26.7 Å². The van der Waals surface area contributed by atoms with Crippen LogP contribution in [0.1, 0.15) is 37.8 Å². The van der Waals surface area contributed by atoms with Crippen molar-refractivity contribution in [2.24, 2.45) is 5.41 Å². The third-order valence-corrected chi connectivity index (χ3v) is 9.20. The van der Waals surface area contributed by atoms with Crippen LogP contribution in [0.3, 0.4) is 0 Å². The zero-order chi connectivity index (χ0) is 23.3. The molecule has 1 atom stereocenters. The Morgan fingerprint density at radius 1 is 0.636 bits per heavy atom. The first-order chi connectivity index (χ1) is 15.9. The van der Waals surface area contributed by atoms with Gasteiger partial charge in [-0.25, -0.2) is 0 Å². The molecule has 0 radical (unpaired) electrons. The highest BCUT2D eigenvalue weighted by Gasteiger charge is 2.35. The van der Waals surface area contributed by atoms with Crippen molar-refractivity contribution in [1.29, 1.82) is 0 Å². The van der Waals surface area contributed by atoms with Crippen molar-refractivity contribution in [2.75, 3.05) is 0 Å². The van der Waals surface area contributed by atoms with Crippen molar-refractivity contribution >= 4 is 29.1 Å². The number of hydrogen-bond acceptors (Lipinski definition) is 1. The number of allylic oxidation sites excluding steroid dienone is 1. The summed E-state index contributed by atoms with van der Waals surface area (Å²) in [6.45, 7) is 6.75. The molecule has 1 unspecified atom stereocenters. The van der Waals surface area contributed by atoms with E-state index in [4.69, 9.17) is 0 Å². The van der Waals surface area contributed by atoms with Crippen molar-refractivity contribution < 1.29 is 4.57 Å². The summed E-state index contributed by atoms with van der Waals surface area (Å²) in [6, 6.07) is 38.5. The maximum absolute atomic E-state index is 15.1. The summed E-state index contributed by atoms with van der Waals surface area (Å²) >= 11 is 0. The van der Waals surface area contributed by atoms with Gasteiger partial charge in [-0.2, -0.15) is 0 Å². The maximum Gasteiger partial charge on any atom is 0.171 e. The molecule has 0 aliphatic rings. The minimum atomic E-state index is -3.07. The first-order valence-corrected chi connectivity index (χ1v) is 13.2. The van der Waals surface area contributed by atoms with Gasteiger partial charge in [-0.1, -0.05) is 148 Å². The predicted molar refractivity (Wildman–Crippen MR) is 144 cm³/mol. The van der Waals surface area contributed by atoms with Gasteiger partial charge in [0, 0.05) is 21.8 Å². The lowest BCUT2D eigenvalue weighted by Crippen LogP contribution is -2.30. The summed E-state index contributed by atoms with van der Waals surface area (Å²) in [5.74, 6) is 0.0923. The van der Waals surface area contributed by atoms with Gasteiger partial charge in [0.1, 0.15) is 0 Å². The summed E-state index contributed by atoms with van der Waals surface area (Å²) in [6.07, 6.45) is 4.46. The minimum Gasteiger partial charge on any atom is -0.309 e. The molecule has 0 saturated carbocycles. The molecule has 4 rings (SSSR count). The predicted octanol–water partition coefficient (Wildman–Crippen LogP) is 7.17. The second-order valence-electron chi connectivity index (χ2n) is 9.45. The van der Waals surface area contributed by atoms with E-state index in [9.17, 15) is 0 Å². The lowest BCUT2D eigenvalue weighted by molar-refractivity contribution is 0.368. The van der Waals surface area contributed by atoms with Gasteiger partial charge in [0.15, 0.2) is 7.14 Å². The van der Waals surface area contributed by atoms with Crippen LogP contribution in [-0.2, 0) is 4.57 Å². The molecule has 0 heterocycles. The van der Waals surface area contributed by atoms with Gasteiger partial charge in [0.05, 0.1) is 0 Å². The van der Waals surface area contributed by atoms with Gasteiger partial charge in [0.25, 0.3) is 0 Å². The molecular weight excluding hydrogens is 419 g/mol. The monoisotopic (exact) mass is 450 g/mol.